The number of amides is 1. The van der Waals surface area contributed by atoms with Gasteiger partial charge in [0, 0.05) is 19.5 Å². The summed E-state index contributed by atoms with van der Waals surface area (Å²) in [6.07, 6.45) is 5.43. The minimum atomic E-state index is -0.418. The fraction of sp³-hybridized carbons (Fsp3) is 0.786. The van der Waals surface area contributed by atoms with Crippen LogP contribution in [0.25, 0.3) is 0 Å². The molecule has 1 rings (SSSR count). The molecule has 1 aliphatic rings. The average Bonchev–Trinajstić information content (AvgIpc) is 3.03. The topological polar surface area (TPSA) is 96.6 Å². The molecule has 0 unspecified atom stereocenters. The molecule has 0 aromatic carbocycles. The minimum absolute atomic E-state index is 0.0125. The Balaban J connectivity index is 2.40. The van der Waals surface area contributed by atoms with E-state index in [-0.39, 0.29) is 22.9 Å². The van der Waals surface area contributed by atoms with Gasteiger partial charge in [0.05, 0.1) is 11.4 Å². The monoisotopic (exact) mass is 360 g/mol. The van der Waals surface area contributed by atoms with Crippen LogP contribution in [0.1, 0.15) is 38.5 Å². The second-order valence-corrected chi connectivity index (χ2v) is 5.88. The molecule has 1 atom stereocenters. The molecule has 0 aliphatic heterocycles. The van der Waals surface area contributed by atoms with Gasteiger partial charge < -0.3 is 16.4 Å². The summed E-state index contributed by atoms with van der Waals surface area (Å²) in [4.78, 5) is 27.8. The molecule has 0 aromatic rings. The predicted molar refractivity (Wildman–Crippen MR) is 87.5 cm³/mol. The number of guanidine groups is 1. The fourth-order valence-electron chi connectivity index (χ4n) is 2.49. The molecular weight excluding hydrogens is 336 g/mol. The number of halogens is 1. The number of Topliss-reactive ketones (excluding diaryl/α,β-unsaturated/α-hetero) is 1. The molecule has 0 radical (unpaired) electrons. The third-order valence-electron chi connectivity index (χ3n) is 3.78. The Bertz CT molecular complexity index is 381. The first-order valence-electron chi connectivity index (χ1n) is 7.43. The van der Waals surface area contributed by atoms with Crippen LogP contribution in [0.5, 0.6) is 0 Å². The summed E-state index contributed by atoms with van der Waals surface area (Å²) >= 11 is 3.18. The number of hydrogen-bond donors (Lipinski definition) is 3. The normalized spacial score (nSPS) is 17.5. The van der Waals surface area contributed by atoms with Crippen LogP contribution in [0.2, 0.25) is 0 Å². The highest BCUT2D eigenvalue weighted by Gasteiger charge is 2.26. The largest absolute Gasteiger partial charge is 0.370 e. The van der Waals surface area contributed by atoms with Crippen LogP contribution in [0.15, 0.2) is 4.99 Å². The van der Waals surface area contributed by atoms with E-state index in [1.165, 1.54) is 0 Å². The Morgan fingerprint density at radius 3 is 2.62 bits per heavy atom. The molecule has 1 fully saturated rings. The summed E-state index contributed by atoms with van der Waals surface area (Å²) in [5, 5.41) is 6.11. The fourth-order valence-corrected chi connectivity index (χ4v) is 2.88. The van der Waals surface area contributed by atoms with Crippen LogP contribution < -0.4 is 16.4 Å². The molecule has 7 heteroatoms. The predicted octanol–water partition coefficient (Wildman–Crippen LogP) is 0.940. The molecule has 0 aromatic heterocycles. The highest BCUT2D eigenvalue weighted by atomic mass is 79.9. The Morgan fingerprint density at radius 2 is 2.05 bits per heavy atom. The first-order chi connectivity index (χ1) is 10.1. The van der Waals surface area contributed by atoms with Crippen LogP contribution in [-0.2, 0) is 9.59 Å². The van der Waals surface area contributed by atoms with Crippen molar-refractivity contribution < 1.29 is 9.59 Å². The lowest BCUT2D eigenvalue weighted by Crippen LogP contribution is -2.44. The maximum atomic E-state index is 12.1. The Kier molecular flexibility index (Phi) is 8.34. The first-order valence-corrected chi connectivity index (χ1v) is 8.55. The lowest BCUT2D eigenvalue weighted by Gasteiger charge is -2.19. The summed E-state index contributed by atoms with van der Waals surface area (Å²) in [5.74, 6) is 0.498. The van der Waals surface area contributed by atoms with Crippen molar-refractivity contribution in [3.63, 3.8) is 0 Å². The minimum Gasteiger partial charge on any atom is -0.370 e. The summed E-state index contributed by atoms with van der Waals surface area (Å²) in [6, 6.07) is -0.418. The average molecular weight is 361 g/mol. The number of aliphatic imine (C=N–C) groups is 1. The Hall–Kier alpha value is -1.11. The number of alkyl halides is 1. The zero-order chi connectivity index (χ0) is 15.7. The summed E-state index contributed by atoms with van der Waals surface area (Å²) in [5.41, 5.74) is 5.53. The summed E-state index contributed by atoms with van der Waals surface area (Å²) < 4.78 is 0. The highest BCUT2D eigenvalue weighted by molar-refractivity contribution is 9.09. The van der Waals surface area contributed by atoms with Crippen LogP contribution >= 0.6 is 15.9 Å². The molecule has 1 aliphatic carbocycles. The number of carbonyl (C=O) groups excluding carboxylic acids is 2. The SMILES string of the molecule is CN=C(N)NCCC[C@H](NC(=O)C1CCCC1)C(=O)CBr. The molecule has 0 bridgehead atoms. The number of carbonyl (C=O) groups is 2. The number of ketones is 1. The molecule has 0 heterocycles. The summed E-state index contributed by atoms with van der Waals surface area (Å²) in [6.45, 7) is 0.633. The molecule has 1 amide bonds. The van der Waals surface area contributed by atoms with Gasteiger partial charge in [0.25, 0.3) is 0 Å². The van der Waals surface area contributed by atoms with E-state index in [4.69, 9.17) is 5.73 Å². The van der Waals surface area contributed by atoms with Gasteiger partial charge in [-0.3, -0.25) is 14.6 Å². The van der Waals surface area contributed by atoms with Gasteiger partial charge in [0.2, 0.25) is 5.91 Å². The van der Waals surface area contributed by atoms with E-state index in [0.717, 1.165) is 32.1 Å². The van der Waals surface area contributed by atoms with E-state index < -0.39 is 6.04 Å². The second kappa shape index (κ2) is 9.76. The number of nitrogens with two attached hydrogens (primary N) is 1. The van der Waals surface area contributed by atoms with Gasteiger partial charge in [-0.1, -0.05) is 28.8 Å². The smallest absolute Gasteiger partial charge is 0.223 e. The molecule has 1 saturated carbocycles. The zero-order valence-corrected chi connectivity index (χ0v) is 14.1. The van der Waals surface area contributed by atoms with Crippen molar-refractivity contribution in [2.45, 2.75) is 44.6 Å². The third kappa shape index (κ3) is 6.46. The van der Waals surface area contributed by atoms with E-state index in [1.807, 2.05) is 0 Å². The van der Waals surface area contributed by atoms with E-state index in [9.17, 15) is 9.59 Å². The summed E-state index contributed by atoms with van der Waals surface area (Å²) in [7, 11) is 1.61. The van der Waals surface area contributed by atoms with Gasteiger partial charge in [0.1, 0.15) is 0 Å². The zero-order valence-electron chi connectivity index (χ0n) is 12.5. The molecular formula is C14H25BrN4O2. The molecule has 120 valence electrons. The lowest BCUT2D eigenvalue weighted by molar-refractivity contribution is -0.129. The van der Waals surface area contributed by atoms with Gasteiger partial charge in [-0.2, -0.15) is 0 Å². The van der Waals surface area contributed by atoms with Crippen LogP contribution in [0.4, 0.5) is 0 Å². The van der Waals surface area contributed by atoms with Crippen molar-refractivity contribution in [1.29, 1.82) is 0 Å². The van der Waals surface area contributed by atoms with Crippen molar-refractivity contribution in [2.24, 2.45) is 16.6 Å². The Morgan fingerprint density at radius 1 is 1.38 bits per heavy atom. The van der Waals surface area contributed by atoms with E-state index in [0.29, 0.717) is 18.9 Å². The van der Waals surface area contributed by atoms with Crippen molar-refractivity contribution >= 4 is 33.6 Å². The van der Waals surface area contributed by atoms with Crippen LogP contribution in [-0.4, -0.2) is 42.6 Å². The van der Waals surface area contributed by atoms with Crippen molar-refractivity contribution in [1.82, 2.24) is 10.6 Å². The Labute approximate surface area is 134 Å². The lowest BCUT2D eigenvalue weighted by atomic mass is 10.0. The van der Waals surface area contributed by atoms with Gasteiger partial charge >= 0.3 is 0 Å². The molecule has 21 heavy (non-hydrogen) atoms. The van der Waals surface area contributed by atoms with Gasteiger partial charge in [-0.05, 0) is 25.7 Å². The second-order valence-electron chi connectivity index (χ2n) is 5.32. The molecule has 0 saturated heterocycles. The van der Waals surface area contributed by atoms with E-state index in [1.54, 1.807) is 7.05 Å². The third-order valence-corrected chi connectivity index (χ3v) is 4.33. The molecule has 6 nitrogen and oxygen atoms in total. The maximum Gasteiger partial charge on any atom is 0.223 e. The number of rotatable bonds is 8. The van der Waals surface area contributed by atoms with E-state index in [2.05, 4.69) is 31.6 Å². The standard InChI is InChI=1S/C14H25BrN4O2/c1-17-14(16)18-8-4-7-11(12(20)9-15)19-13(21)10-5-2-3-6-10/h10-11H,2-9H2,1H3,(H,19,21)(H3,16,17,18)/t11-/m0/s1. The quantitative estimate of drug-likeness (QED) is 0.259. The van der Waals surface area contributed by atoms with Crippen LogP contribution in [0.3, 0.4) is 0 Å². The van der Waals surface area contributed by atoms with Crippen molar-refractivity contribution in [3.8, 4) is 0 Å². The van der Waals surface area contributed by atoms with Gasteiger partial charge in [-0.25, -0.2) is 0 Å². The number of nitrogens with zero attached hydrogens (tertiary/aromatic N) is 1. The maximum absolute atomic E-state index is 12.1. The van der Waals surface area contributed by atoms with Crippen LogP contribution in [0, 0.1) is 5.92 Å². The first kappa shape index (κ1) is 17.9. The van der Waals surface area contributed by atoms with Gasteiger partial charge in [-0.15, -0.1) is 0 Å². The molecule has 4 N–H and O–H groups in total. The van der Waals surface area contributed by atoms with E-state index >= 15 is 0 Å². The van der Waals surface area contributed by atoms with Crippen molar-refractivity contribution in [2.75, 3.05) is 18.9 Å². The number of nitrogens with one attached hydrogen (secondary N) is 2. The highest BCUT2D eigenvalue weighted by Crippen LogP contribution is 2.24. The van der Waals surface area contributed by atoms with Gasteiger partial charge in [0.15, 0.2) is 11.7 Å². The molecule has 0 spiro atoms. The number of hydrogen-bond acceptors (Lipinski definition) is 3. The van der Waals surface area contributed by atoms with Crippen molar-refractivity contribution in [3.05, 3.63) is 0 Å².